The van der Waals surface area contributed by atoms with Crippen LogP contribution in [0.3, 0.4) is 0 Å². The number of thioether (sulfide) groups is 1. The Morgan fingerprint density at radius 2 is 1.96 bits per heavy atom. The first-order valence-electron chi connectivity index (χ1n) is 13.5. The van der Waals surface area contributed by atoms with Gasteiger partial charge in [-0.25, -0.2) is 19.6 Å². The number of nitrogens with one attached hydrogen (secondary N) is 2. The summed E-state index contributed by atoms with van der Waals surface area (Å²) in [4.78, 5) is 69.8. The number of carboxylic acids is 2. The number of carbonyl (C=O) groups is 4. The lowest BCUT2D eigenvalue weighted by Gasteiger charge is -2.55. The van der Waals surface area contributed by atoms with Gasteiger partial charge >= 0.3 is 11.9 Å². The highest BCUT2D eigenvalue weighted by molar-refractivity contribution is 8.00. The predicted octanol–water partition coefficient (Wildman–Crippen LogP) is 1.36. The quantitative estimate of drug-likeness (QED) is 0.0379. The number of carbonyl (C=O) groups excluding carboxylic acids is 2. The molecule has 3 aliphatic heterocycles. The van der Waals surface area contributed by atoms with Gasteiger partial charge in [0.05, 0.1) is 5.69 Å². The third-order valence-electron chi connectivity index (χ3n) is 7.44. The van der Waals surface area contributed by atoms with Crippen molar-refractivity contribution in [3.8, 4) is 22.8 Å². The third-order valence-corrected chi connectivity index (χ3v) is 9.84. The van der Waals surface area contributed by atoms with Crippen molar-refractivity contribution in [2.24, 2.45) is 5.16 Å². The van der Waals surface area contributed by atoms with Gasteiger partial charge in [-0.3, -0.25) is 14.5 Å². The summed E-state index contributed by atoms with van der Waals surface area (Å²) < 4.78 is 0. The van der Waals surface area contributed by atoms with Crippen molar-refractivity contribution in [2.45, 2.75) is 17.0 Å². The van der Waals surface area contributed by atoms with Crippen molar-refractivity contribution < 1.29 is 44.4 Å². The zero-order chi connectivity index (χ0) is 34.5. The molecule has 1 saturated heterocycles. The maximum Gasteiger partial charge on any atom is 0.353 e. The summed E-state index contributed by atoms with van der Waals surface area (Å²) in [5.41, 5.74) is 10.1. The highest BCUT2D eigenvalue weighted by Crippen LogP contribution is 2.48. The van der Waals surface area contributed by atoms with Crippen LogP contribution in [-0.4, -0.2) is 91.8 Å². The average Bonchev–Trinajstić information content (AvgIpc) is 3.71. The minimum absolute atomic E-state index is 0.0248. The van der Waals surface area contributed by atoms with Crippen LogP contribution in [0.25, 0.3) is 16.8 Å². The van der Waals surface area contributed by atoms with Crippen molar-refractivity contribution in [2.75, 3.05) is 17.2 Å². The number of thiazole rings is 1. The fraction of sp³-hybridized carbons (Fsp3) is 0.143. The molecule has 0 radical (unpaired) electrons. The number of amides is 2. The standard InChI is InChI=1S/C28H22N8O9S3/c29-20-11-2-1-3-13(11)31-21(33-20)12-7-47-26-28(9-46,25(44)36(26)18(12)23(40)41)34-22(39)17(14-8-48-27(30)32-14)35-45-19(24(42)43)10-4-5-15(37)16(38)6-10/h1-6,8-9,19,26,37-38H,7,29H2,(H2,30,32)(H,31,33)(H,34,39)(H,40,41)(H,42,43)/b35-17-/t19-,26-,28?/m0/s1. The number of anilines is 2. The second kappa shape index (κ2) is 12.1. The maximum atomic E-state index is 13.8. The number of hydrogen-bond acceptors (Lipinski definition) is 15. The SMILES string of the molecule is Nc1nc(/C(=N/O[C@H](C(=O)O)c2ccc(O)c(O)c2)C(=O)NC2(C=S)C(=O)N3C(C(=O)O)=C(c4nc(N)c5cccc-5[nH]4)CS[C@H]32)cs1. The molecule has 1 fully saturated rings. The molecule has 1 aliphatic carbocycles. The number of hydrogen-bond donors (Lipinski definition) is 8. The molecule has 0 spiro atoms. The van der Waals surface area contributed by atoms with Gasteiger partial charge in [-0.1, -0.05) is 29.5 Å². The number of rotatable bonds is 10. The Labute approximate surface area is 282 Å². The van der Waals surface area contributed by atoms with Crippen LogP contribution in [0.2, 0.25) is 0 Å². The Morgan fingerprint density at radius 3 is 2.60 bits per heavy atom. The van der Waals surface area contributed by atoms with E-state index < -0.39 is 58.0 Å². The average molecular weight is 711 g/mol. The van der Waals surface area contributed by atoms with Gasteiger partial charge in [0.25, 0.3) is 11.8 Å². The van der Waals surface area contributed by atoms with Crippen LogP contribution in [0.5, 0.6) is 11.5 Å². The zero-order valence-electron chi connectivity index (χ0n) is 24.0. The molecule has 1 aromatic heterocycles. The summed E-state index contributed by atoms with van der Waals surface area (Å²) in [6.07, 6.45) is -1.86. The molecule has 6 rings (SSSR count). The summed E-state index contributed by atoms with van der Waals surface area (Å²) in [5, 5.41) is 47.0. The molecule has 1 unspecified atom stereocenters. The summed E-state index contributed by atoms with van der Waals surface area (Å²) in [7, 11) is 0. The number of nitrogens with zero attached hydrogens (tertiary/aromatic N) is 4. The zero-order valence-corrected chi connectivity index (χ0v) is 26.4. The normalized spacial score (nSPS) is 19.8. The fourth-order valence-corrected chi connectivity index (χ4v) is 7.51. The third kappa shape index (κ3) is 5.30. The highest BCUT2D eigenvalue weighted by Gasteiger charge is 2.65. The van der Waals surface area contributed by atoms with E-state index in [1.54, 1.807) is 18.2 Å². The summed E-state index contributed by atoms with van der Waals surface area (Å²) in [6.45, 7) is 0. The first kappa shape index (κ1) is 32.2. The van der Waals surface area contributed by atoms with Gasteiger partial charge in [0.2, 0.25) is 6.10 Å². The van der Waals surface area contributed by atoms with E-state index in [4.69, 9.17) is 28.5 Å². The largest absolute Gasteiger partial charge is 0.504 e. The molecule has 0 saturated carbocycles. The molecule has 246 valence electrons. The van der Waals surface area contributed by atoms with Gasteiger partial charge in [0.1, 0.15) is 28.4 Å². The lowest BCUT2D eigenvalue weighted by molar-refractivity contribution is -0.153. The number of thiocarbonyl (C=S) groups is 1. The van der Waals surface area contributed by atoms with Crippen LogP contribution in [0.1, 0.15) is 23.2 Å². The van der Waals surface area contributed by atoms with Crippen molar-refractivity contribution >= 4 is 86.7 Å². The molecule has 2 aromatic rings. The number of H-pyrrole nitrogens is 1. The van der Waals surface area contributed by atoms with E-state index in [9.17, 15) is 39.6 Å². The van der Waals surface area contributed by atoms with E-state index in [0.29, 0.717) is 11.3 Å². The monoisotopic (exact) mass is 710 g/mol. The number of carboxylic acid groups (broad SMARTS) is 2. The Hall–Kier alpha value is -5.73. The summed E-state index contributed by atoms with van der Waals surface area (Å²) in [6, 6.07) is 8.37. The number of aromatic hydroxyl groups is 2. The van der Waals surface area contributed by atoms with Crippen LogP contribution in [0.4, 0.5) is 10.9 Å². The van der Waals surface area contributed by atoms with Crippen LogP contribution >= 0.6 is 35.3 Å². The van der Waals surface area contributed by atoms with E-state index in [2.05, 4.69) is 25.4 Å². The van der Waals surface area contributed by atoms with Gasteiger partial charge < -0.3 is 47.0 Å². The number of nitrogens with two attached hydrogens (primary N) is 2. The summed E-state index contributed by atoms with van der Waals surface area (Å²) >= 11 is 7.24. The van der Waals surface area contributed by atoms with Crippen LogP contribution in [-0.2, 0) is 24.0 Å². The lowest BCUT2D eigenvalue weighted by atomic mass is 9.87. The van der Waals surface area contributed by atoms with Crippen LogP contribution in [0, 0.1) is 0 Å². The van der Waals surface area contributed by atoms with E-state index in [-0.39, 0.29) is 45.1 Å². The summed E-state index contributed by atoms with van der Waals surface area (Å²) in [5.74, 6) is -5.75. The molecule has 3 atom stereocenters. The highest BCUT2D eigenvalue weighted by atomic mass is 32.2. The maximum absolute atomic E-state index is 13.8. The molecule has 4 heterocycles. The number of aliphatic carboxylic acids is 2. The minimum atomic E-state index is -1.91. The second-order valence-corrected chi connectivity index (χ2v) is 12.5. The molecular formula is C28H22N8O9S3. The number of benzene rings is 1. The van der Waals surface area contributed by atoms with Gasteiger partial charge in [-0.05, 0) is 24.3 Å². The van der Waals surface area contributed by atoms with E-state index in [1.807, 2.05) is 0 Å². The molecule has 2 amide bonds. The van der Waals surface area contributed by atoms with Crippen LogP contribution in [0.15, 0.2) is 52.6 Å². The first-order valence-corrected chi connectivity index (χ1v) is 15.9. The van der Waals surface area contributed by atoms with Gasteiger partial charge in [0, 0.05) is 33.2 Å². The van der Waals surface area contributed by atoms with Crippen molar-refractivity contribution in [1.29, 1.82) is 0 Å². The lowest BCUT2D eigenvalue weighted by Crippen LogP contribution is -2.80. The molecule has 0 bridgehead atoms. The molecule has 4 aliphatic rings. The van der Waals surface area contributed by atoms with Crippen molar-refractivity contribution in [3.63, 3.8) is 0 Å². The number of phenols is 2. The number of nitrogen functional groups attached to an aromatic ring is 2. The first-order chi connectivity index (χ1) is 22.9. The minimum Gasteiger partial charge on any atom is -0.504 e. The van der Waals surface area contributed by atoms with E-state index in [0.717, 1.165) is 51.6 Å². The predicted molar refractivity (Wildman–Crippen MR) is 176 cm³/mol. The number of phenolic OH excluding ortho intramolecular Hbond substituents is 2. The molecule has 20 heteroatoms. The number of aromatic nitrogens is 3. The molecule has 1 aromatic carbocycles. The van der Waals surface area contributed by atoms with Crippen molar-refractivity contribution in [3.05, 3.63) is 64.6 Å². The molecular weight excluding hydrogens is 689 g/mol. The van der Waals surface area contributed by atoms with Gasteiger partial charge in [-0.2, -0.15) is 0 Å². The molecule has 10 N–H and O–H groups in total. The van der Waals surface area contributed by atoms with E-state index in [1.165, 1.54) is 5.38 Å². The van der Waals surface area contributed by atoms with Gasteiger partial charge in [-0.15, -0.1) is 23.1 Å². The Morgan fingerprint density at radius 1 is 1.19 bits per heavy atom. The molecule has 17 nitrogen and oxygen atoms in total. The smallest absolute Gasteiger partial charge is 0.353 e. The number of fused-ring (bicyclic) bond motifs is 2. The topological polar surface area (TPSA) is 280 Å². The Bertz CT molecular complexity index is 2060. The van der Waals surface area contributed by atoms with E-state index >= 15 is 0 Å². The fourth-order valence-electron chi connectivity index (χ4n) is 5.15. The second-order valence-electron chi connectivity index (χ2n) is 10.3. The van der Waals surface area contributed by atoms with Crippen molar-refractivity contribution in [1.82, 2.24) is 25.2 Å². The Kier molecular flexibility index (Phi) is 8.14. The van der Waals surface area contributed by atoms with Crippen LogP contribution < -0.4 is 16.8 Å². The Balaban J connectivity index is 1.33. The molecule has 48 heavy (non-hydrogen) atoms. The number of β-lactam (4-membered cyclic amide) rings is 1. The van der Waals surface area contributed by atoms with Gasteiger partial charge in [0.15, 0.2) is 27.9 Å². The number of oxime groups is 1. The number of aromatic amines is 1.